The van der Waals surface area contributed by atoms with E-state index in [9.17, 15) is 8.42 Å². The molecule has 0 saturated carbocycles. The summed E-state index contributed by atoms with van der Waals surface area (Å²) in [6.07, 6.45) is 0.774. The highest BCUT2D eigenvalue weighted by Crippen LogP contribution is 2.31. The van der Waals surface area contributed by atoms with Crippen LogP contribution in [0.25, 0.3) is 0 Å². The van der Waals surface area contributed by atoms with Gasteiger partial charge in [0.1, 0.15) is 0 Å². The molecule has 0 N–H and O–H groups in total. The molecule has 2 aromatic carbocycles. The van der Waals surface area contributed by atoms with Crippen LogP contribution in [0.2, 0.25) is 5.02 Å². The maximum absolute atomic E-state index is 12.5. The van der Waals surface area contributed by atoms with E-state index in [1.54, 1.807) is 24.3 Å². The molecule has 0 fully saturated rings. The Kier molecular flexibility index (Phi) is 3.44. The van der Waals surface area contributed by atoms with Crippen molar-refractivity contribution in [3.8, 4) is 0 Å². The summed E-state index contributed by atoms with van der Waals surface area (Å²) in [5.74, 6) is -0.00148. The third-order valence-corrected chi connectivity index (χ3v) is 5.44. The van der Waals surface area contributed by atoms with Gasteiger partial charge in [0.25, 0.3) is 0 Å². The number of sulfonamides is 1. The summed E-state index contributed by atoms with van der Waals surface area (Å²) in [6.45, 7) is 0.523. The summed E-state index contributed by atoms with van der Waals surface area (Å²) in [5.41, 5.74) is 2.65. The molecule has 5 heteroatoms. The monoisotopic (exact) mass is 307 g/mol. The van der Waals surface area contributed by atoms with Gasteiger partial charge >= 0.3 is 0 Å². The van der Waals surface area contributed by atoms with Gasteiger partial charge in [0.15, 0.2) is 0 Å². The number of anilines is 1. The van der Waals surface area contributed by atoms with Crippen LogP contribution in [0.5, 0.6) is 0 Å². The van der Waals surface area contributed by atoms with E-state index in [0.29, 0.717) is 11.6 Å². The highest BCUT2D eigenvalue weighted by molar-refractivity contribution is 7.92. The smallest absolute Gasteiger partial charge is 0.239 e. The molecule has 0 radical (unpaired) electrons. The van der Waals surface area contributed by atoms with E-state index in [2.05, 4.69) is 0 Å². The standard InChI is InChI=1S/C15H14ClNO2S/c16-14-7-5-12(6-8-14)11-20(18,19)17-10-9-13-3-1-2-4-15(13)17/h1-8H,9-11H2. The van der Waals surface area contributed by atoms with Crippen LogP contribution in [-0.2, 0) is 22.2 Å². The molecule has 0 amide bonds. The predicted octanol–water partition coefficient (Wildman–Crippen LogP) is 3.23. The molecule has 3 nitrogen and oxygen atoms in total. The number of fused-ring (bicyclic) bond motifs is 1. The minimum absolute atomic E-state index is 0.00148. The minimum Gasteiger partial charge on any atom is -0.269 e. The van der Waals surface area contributed by atoms with Gasteiger partial charge in [-0.3, -0.25) is 4.31 Å². The minimum atomic E-state index is -3.35. The molecule has 0 spiro atoms. The third-order valence-electron chi connectivity index (χ3n) is 3.44. The second-order valence-electron chi connectivity index (χ2n) is 4.83. The van der Waals surface area contributed by atoms with Gasteiger partial charge in [-0.1, -0.05) is 41.9 Å². The molecule has 0 bridgehead atoms. The maximum Gasteiger partial charge on any atom is 0.239 e. The maximum atomic E-state index is 12.5. The van der Waals surface area contributed by atoms with Gasteiger partial charge in [0.2, 0.25) is 10.0 Å². The van der Waals surface area contributed by atoms with Crippen LogP contribution in [0.3, 0.4) is 0 Å². The summed E-state index contributed by atoms with van der Waals surface area (Å²) in [7, 11) is -3.35. The Balaban J connectivity index is 1.88. The van der Waals surface area contributed by atoms with Crippen molar-refractivity contribution in [2.45, 2.75) is 12.2 Å². The first-order chi connectivity index (χ1) is 9.56. The Morgan fingerprint density at radius 3 is 2.50 bits per heavy atom. The van der Waals surface area contributed by atoms with Gasteiger partial charge in [0, 0.05) is 11.6 Å². The predicted molar refractivity (Wildman–Crippen MR) is 81.6 cm³/mol. The van der Waals surface area contributed by atoms with Gasteiger partial charge in [-0.25, -0.2) is 8.42 Å². The average molecular weight is 308 g/mol. The molecule has 0 atom stereocenters. The zero-order valence-corrected chi connectivity index (χ0v) is 12.4. The van der Waals surface area contributed by atoms with E-state index in [4.69, 9.17) is 11.6 Å². The van der Waals surface area contributed by atoms with Crippen molar-refractivity contribution in [2.75, 3.05) is 10.8 Å². The van der Waals surface area contributed by atoms with E-state index in [1.165, 1.54) is 4.31 Å². The molecule has 1 aliphatic heterocycles. The zero-order valence-electron chi connectivity index (χ0n) is 10.8. The Labute approximate surface area is 123 Å². The van der Waals surface area contributed by atoms with E-state index in [-0.39, 0.29) is 5.75 Å². The molecule has 0 unspecified atom stereocenters. The summed E-state index contributed by atoms with van der Waals surface area (Å²) < 4.78 is 26.6. The van der Waals surface area contributed by atoms with Gasteiger partial charge in [-0.2, -0.15) is 0 Å². The SMILES string of the molecule is O=S(=O)(Cc1ccc(Cl)cc1)N1CCc2ccccc21. The number of hydrogen-bond acceptors (Lipinski definition) is 2. The zero-order chi connectivity index (χ0) is 14.2. The largest absolute Gasteiger partial charge is 0.269 e. The van der Waals surface area contributed by atoms with Crippen molar-refractivity contribution in [1.29, 1.82) is 0 Å². The Bertz CT molecular complexity index is 726. The van der Waals surface area contributed by atoms with E-state index >= 15 is 0 Å². The lowest BCUT2D eigenvalue weighted by Gasteiger charge is -2.19. The van der Waals surface area contributed by atoms with Crippen molar-refractivity contribution < 1.29 is 8.42 Å². The second-order valence-corrected chi connectivity index (χ2v) is 7.16. The molecular weight excluding hydrogens is 294 g/mol. The number of halogens is 1. The van der Waals surface area contributed by atoms with E-state index in [0.717, 1.165) is 23.2 Å². The van der Waals surface area contributed by atoms with Crippen LogP contribution < -0.4 is 4.31 Å². The van der Waals surface area contributed by atoms with E-state index in [1.807, 2.05) is 24.3 Å². The van der Waals surface area contributed by atoms with Crippen LogP contribution in [0.15, 0.2) is 48.5 Å². The normalized spacial score (nSPS) is 14.3. The second kappa shape index (κ2) is 5.11. The van der Waals surface area contributed by atoms with Crippen molar-refractivity contribution >= 4 is 27.3 Å². The van der Waals surface area contributed by atoms with Crippen molar-refractivity contribution in [3.05, 3.63) is 64.7 Å². The molecule has 1 aliphatic rings. The summed E-state index contributed by atoms with van der Waals surface area (Å²) in [4.78, 5) is 0. The average Bonchev–Trinajstić information content (AvgIpc) is 2.86. The molecule has 3 rings (SSSR count). The number of benzene rings is 2. The first-order valence-corrected chi connectivity index (χ1v) is 8.38. The summed E-state index contributed by atoms with van der Waals surface area (Å²) in [5, 5.41) is 0.609. The van der Waals surface area contributed by atoms with Crippen LogP contribution >= 0.6 is 11.6 Å². The van der Waals surface area contributed by atoms with E-state index < -0.39 is 10.0 Å². The molecule has 0 aliphatic carbocycles. The lowest BCUT2D eigenvalue weighted by molar-refractivity contribution is 0.591. The molecule has 0 aromatic heterocycles. The van der Waals surface area contributed by atoms with Gasteiger partial charge in [-0.05, 0) is 35.7 Å². The number of hydrogen-bond donors (Lipinski definition) is 0. The number of para-hydroxylation sites is 1. The summed E-state index contributed by atoms with van der Waals surface area (Å²) in [6, 6.07) is 14.6. The third kappa shape index (κ3) is 2.53. The fourth-order valence-electron chi connectivity index (χ4n) is 2.47. The highest BCUT2D eigenvalue weighted by Gasteiger charge is 2.28. The molecule has 20 heavy (non-hydrogen) atoms. The molecule has 104 valence electrons. The fourth-order valence-corrected chi connectivity index (χ4v) is 4.21. The molecule has 2 aromatic rings. The van der Waals surface area contributed by atoms with Gasteiger partial charge < -0.3 is 0 Å². The first-order valence-electron chi connectivity index (χ1n) is 6.39. The molecule has 0 saturated heterocycles. The van der Waals surface area contributed by atoms with Gasteiger partial charge in [-0.15, -0.1) is 0 Å². The topological polar surface area (TPSA) is 37.4 Å². The van der Waals surface area contributed by atoms with Crippen LogP contribution in [0.1, 0.15) is 11.1 Å². The molecule has 1 heterocycles. The number of rotatable bonds is 3. The van der Waals surface area contributed by atoms with Crippen molar-refractivity contribution in [1.82, 2.24) is 0 Å². The Morgan fingerprint density at radius 2 is 1.75 bits per heavy atom. The van der Waals surface area contributed by atoms with Crippen LogP contribution in [0, 0.1) is 0 Å². The van der Waals surface area contributed by atoms with Crippen LogP contribution in [-0.4, -0.2) is 15.0 Å². The highest BCUT2D eigenvalue weighted by atomic mass is 35.5. The lowest BCUT2D eigenvalue weighted by Crippen LogP contribution is -2.30. The lowest BCUT2D eigenvalue weighted by atomic mass is 10.2. The Hall–Kier alpha value is -1.52. The van der Waals surface area contributed by atoms with Crippen molar-refractivity contribution in [2.24, 2.45) is 0 Å². The fraction of sp³-hybridized carbons (Fsp3) is 0.200. The van der Waals surface area contributed by atoms with Gasteiger partial charge in [0.05, 0.1) is 11.4 Å². The summed E-state index contributed by atoms with van der Waals surface area (Å²) >= 11 is 5.82. The molecular formula is C15H14ClNO2S. The number of nitrogens with zero attached hydrogens (tertiary/aromatic N) is 1. The van der Waals surface area contributed by atoms with Crippen LogP contribution in [0.4, 0.5) is 5.69 Å². The Morgan fingerprint density at radius 1 is 1.05 bits per heavy atom. The quantitative estimate of drug-likeness (QED) is 0.873. The van der Waals surface area contributed by atoms with Crippen molar-refractivity contribution in [3.63, 3.8) is 0 Å². The first kappa shape index (κ1) is 13.5.